The molecule has 0 aromatic carbocycles. The molecule has 1 amide bonds. The molecule has 2 saturated heterocycles. The quantitative estimate of drug-likeness (QED) is 0.887. The van der Waals surface area contributed by atoms with Gasteiger partial charge in [-0.1, -0.05) is 13.8 Å². The van der Waals surface area contributed by atoms with Crippen LogP contribution in [0.1, 0.15) is 44.7 Å². The van der Waals surface area contributed by atoms with Crippen LogP contribution in [0, 0.1) is 11.3 Å². The van der Waals surface area contributed by atoms with Crippen molar-refractivity contribution in [2.75, 3.05) is 26.2 Å². The molecule has 1 atom stereocenters. The number of rotatable bonds is 3. The number of nitrogens with one attached hydrogen (secondary N) is 2. The van der Waals surface area contributed by atoms with E-state index < -0.39 is 0 Å². The number of carbonyl (C=O) groups is 1. The molecule has 0 saturated carbocycles. The molecule has 0 bridgehead atoms. The van der Waals surface area contributed by atoms with Crippen molar-refractivity contribution in [3.63, 3.8) is 0 Å². The van der Waals surface area contributed by atoms with Crippen LogP contribution in [-0.4, -0.2) is 47.2 Å². The Hall–Kier alpha value is -2.08. The smallest absolute Gasteiger partial charge is 0.226 e. The Labute approximate surface area is 154 Å². The largest absolute Gasteiger partial charge is 0.463 e. The monoisotopic (exact) mass is 356 g/mol. The minimum Gasteiger partial charge on any atom is -0.463 e. The van der Waals surface area contributed by atoms with E-state index in [4.69, 9.17) is 4.42 Å². The third kappa shape index (κ3) is 3.56. The molecule has 0 spiro atoms. The van der Waals surface area contributed by atoms with Crippen LogP contribution < -0.4 is 5.32 Å². The highest BCUT2D eigenvalue weighted by Crippen LogP contribution is 2.32. The van der Waals surface area contributed by atoms with Gasteiger partial charge in [0.15, 0.2) is 5.76 Å². The summed E-state index contributed by atoms with van der Waals surface area (Å²) in [5.74, 6) is 1.65. The minimum absolute atomic E-state index is 0.119. The average Bonchev–Trinajstić information content (AvgIpc) is 3.32. The molecule has 2 fully saturated rings. The zero-order chi connectivity index (χ0) is 18.1. The molecule has 2 aliphatic heterocycles. The van der Waals surface area contributed by atoms with Gasteiger partial charge in [-0.05, 0) is 42.9 Å². The van der Waals surface area contributed by atoms with Gasteiger partial charge in [0, 0.05) is 37.8 Å². The van der Waals surface area contributed by atoms with Crippen LogP contribution in [0.3, 0.4) is 0 Å². The molecule has 2 aromatic heterocycles. The predicted octanol–water partition coefficient (Wildman–Crippen LogP) is 3.01. The lowest BCUT2D eigenvalue weighted by Crippen LogP contribution is -2.49. The second-order valence-electron chi connectivity index (χ2n) is 8.48. The number of piperidine rings is 2. The Morgan fingerprint density at radius 2 is 2.15 bits per heavy atom. The van der Waals surface area contributed by atoms with Crippen molar-refractivity contribution in [1.82, 2.24) is 20.4 Å². The van der Waals surface area contributed by atoms with Gasteiger partial charge in [0.05, 0.1) is 12.2 Å². The third-order valence-corrected chi connectivity index (χ3v) is 5.76. The SMILES string of the molecule is CC1(C)CNCC(C(=O)N2CCC(c3cc(-c4ccco4)n[nH]3)CC2)C1. The van der Waals surface area contributed by atoms with Crippen LogP contribution in [0.2, 0.25) is 0 Å². The van der Waals surface area contributed by atoms with Gasteiger partial charge in [0.25, 0.3) is 0 Å². The standard InChI is InChI=1S/C20H28N4O2/c1-20(2)11-15(12-21-13-20)19(25)24-7-5-14(6-8-24)16-10-17(23-22-16)18-4-3-9-26-18/h3-4,9-10,14-15,21H,5-8,11-13H2,1-2H3,(H,22,23). The second-order valence-corrected chi connectivity index (χ2v) is 8.48. The molecule has 26 heavy (non-hydrogen) atoms. The van der Waals surface area contributed by atoms with Crippen LogP contribution in [0.5, 0.6) is 0 Å². The number of H-pyrrole nitrogens is 1. The number of hydrogen-bond acceptors (Lipinski definition) is 4. The number of furan rings is 1. The van der Waals surface area contributed by atoms with E-state index in [9.17, 15) is 4.79 Å². The van der Waals surface area contributed by atoms with Gasteiger partial charge in [-0.2, -0.15) is 5.10 Å². The maximum atomic E-state index is 12.9. The van der Waals surface area contributed by atoms with Gasteiger partial charge in [-0.25, -0.2) is 0 Å². The molecule has 2 aliphatic rings. The van der Waals surface area contributed by atoms with Crippen molar-refractivity contribution >= 4 is 5.91 Å². The Bertz CT molecular complexity index is 742. The minimum atomic E-state index is 0.119. The van der Waals surface area contributed by atoms with E-state index in [0.717, 1.165) is 62.6 Å². The molecule has 2 N–H and O–H groups in total. The summed E-state index contributed by atoms with van der Waals surface area (Å²) in [5, 5.41) is 11.0. The third-order valence-electron chi connectivity index (χ3n) is 5.76. The summed E-state index contributed by atoms with van der Waals surface area (Å²) in [6, 6.07) is 5.87. The first-order valence-corrected chi connectivity index (χ1v) is 9.60. The summed E-state index contributed by atoms with van der Waals surface area (Å²) < 4.78 is 5.41. The normalized spacial score (nSPS) is 23.9. The van der Waals surface area contributed by atoms with Crippen LogP contribution >= 0.6 is 0 Å². The van der Waals surface area contributed by atoms with Gasteiger partial charge >= 0.3 is 0 Å². The molecule has 1 unspecified atom stereocenters. The summed E-state index contributed by atoms with van der Waals surface area (Å²) in [6.45, 7) is 7.94. The van der Waals surface area contributed by atoms with Crippen molar-refractivity contribution in [3.05, 3.63) is 30.2 Å². The van der Waals surface area contributed by atoms with Crippen LogP contribution in [0.25, 0.3) is 11.5 Å². The van der Waals surface area contributed by atoms with Crippen LogP contribution in [0.4, 0.5) is 0 Å². The number of aromatic amines is 1. The lowest BCUT2D eigenvalue weighted by atomic mass is 9.79. The van der Waals surface area contributed by atoms with E-state index >= 15 is 0 Å². The highest BCUT2D eigenvalue weighted by atomic mass is 16.3. The maximum absolute atomic E-state index is 12.9. The van der Waals surface area contributed by atoms with Gasteiger partial charge < -0.3 is 14.6 Å². The van der Waals surface area contributed by atoms with Crippen molar-refractivity contribution in [3.8, 4) is 11.5 Å². The Morgan fingerprint density at radius 1 is 1.35 bits per heavy atom. The predicted molar refractivity (Wildman–Crippen MR) is 99.6 cm³/mol. The van der Waals surface area contributed by atoms with Gasteiger partial charge in [-0.15, -0.1) is 0 Å². The molecular weight excluding hydrogens is 328 g/mol. The first kappa shape index (κ1) is 17.3. The van der Waals surface area contributed by atoms with E-state index in [2.05, 4.69) is 40.3 Å². The van der Waals surface area contributed by atoms with Crippen molar-refractivity contribution in [2.24, 2.45) is 11.3 Å². The van der Waals surface area contributed by atoms with Crippen LogP contribution in [0.15, 0.2) is 28.9 Å². The molecule has 6 heteroatoms. The van der Waals surface area contributed by atoms with E-state index in [0.29, 0.717) is 11.8 Å². The lowest BCUT2D eigenvalue weighted by Gasteiger charge is -2.39. The number of aromatic nitrogens is 2. The molecule has 0 aliphatic carbocycles. The first-order chi connectivity index (χ1) is 12.5. The highest BCUT2D eigenvalue weighted by molar-refractivity contribution is 5.79. The Kier molecular flexibility index (Phi) is 4.61. The van der Waals surface area contributed by atoms with E-state index in [1.165, 1.54) is 0 Å². The van der Waals surface area contributed by atoms with Crippen molar-refractivity contribution in [1.29, 1.82) is 0 Å². The Balaban J connectivity index is 1.35. The molecule has 2 aromatic rings. The van der Waals surface area contributed by atoms with Crippen LogP contribution in [-0.2, 0) is 4.79 Å². The molecular formula is C20H28N4O2. The summed E-state index contributed by atoms with van der Waals surface area (Å²) in [6.07, 6.45) is 4.60. The lowest BCUT2D eigenvalue weighted by molar-refractivity contribution is -0.138. The highest BCUT2D eigenvalue weighted by Gasteiger charge is 2.35. The summed E-state index contributed by atoms with van der Waals surface area (Å²) in [7, 11) is 0. The fourth-order valence-electron chi connectivity index (χ4n) is 4.34. The molecule has 4 rings (SSSR count). The fourth-order valence-corrected chi connectivity index (χ4v) is 4.34. The zero-order valence-corrected chi connectivity index (χ0v) is 15.6. The van der Waals surface area contributed by atoms with E-state index in [1.807, 2.05) is 12.1 Å². The van der Waals surface area contributed by atoms with Crippen molar-refractivity contribution < 1.29 is 9.21 Å². The second kappa shape index (κ2) is 6.91. The number of likely N-dealkylation sites (tertiary alicyclic amines) is 1. The zero-order valence-electron chi connectivity index (χ0n) is 15.6. The molecule has 140 valence electrons. The van der Waals surface area contributed by atoms with Gasteiger partial charge in [-0.3, -0.25) is 9.89 Å². The van der Waals surface area contributed by atoms with E-state index in [1.54, 1.807) is 6.26 Å². The maximum Gasteiger partial charge on any atom is 0.226 e. The fraction of sp³-hybridized carbons (Fsp3) is 0.600. The number of amides is 1. The number of hydrogen-bond donors (Lipinski definition) is 2. The van der Waals surface area contributed by atoms with E-state index in [-0.39, 0.29) is 11.3 Å². The average molecular weight is 356 g/mol. The van der Waals surface area contributed by atoms with Crippen molar-refractivity contribution in [2.45, 2.75) is 39.0 Å². The summed E-state index contributed by atoms with van der Waals surface area (Å²) in [5.41, 5.74) is 2.19. The Morgan fingerprint density at radius 3 is 2.85 bits per heavy atom. The summed E-state index contributed by atoms with van der Waals surface area (Å²) in [4.78, 5) is 15.0. The first-order valence-electron chi connectivity index (χ1n) is 9.60. The summed E-state index contributed by atoms with van der Waals surface area (Å²) >= 11 is 0. The van der Waals surface area contributed by atoms with Gasteiger partial charge in [0.1, 0.15) is 5.69 Å². The number of carbonyl (C=O) groups excluding carboxylic acids is 1. The molecule has 4 heterocycles. The topological polar surface area (TPSA) is 74.2 Å². The molecule has 6 nitrogen and oxygen atoms in total. The number of nitrogens with zero attached hydrogens (tertiary/aromatic N) is 2. The molecule has 0 radical (unpaired) electrons. The van der Waals surface area contributed by atoms with Gasteiger partial charge in [0.2, 0.25) is 5.91 Å².